The van der Waals surface area contributed by atoms with Crippen LogP contribution in [0.5, 0.6) is 0 Å². The van der Waals surface area contributed by atoms with Crippen LogP contribution in [0.3, 0.4) is 0 Å². The smallest absolute Gasteiger partial charge is 0.0621 e. The summed E-state index contributed by atoms with van der Waals surface area (Å²) in [5.74, 6) is 0. The SMILES string of the molecule is N#CCCC/C=C\I. The highest BCUT2D eigenvalue weighted by molar-refractivity contribution is 14.1. The fraction of sp³-hybridized carbons (Fsp3) is 0.500. The number of allylic oxidation sites excluding steroid dienone is 1. The second kappa shape index (κ2) is 6.96. The maximum Gasteiger partial charge on any atom is 0.0621 e. The van der Waals surface area contributed by atoms with Crippen molar-refractivity contribution in [1.29, 1.82) is 5.26 Å². The van der Waals surface area contributed by atoms with Crippen molar-refractivity contribution >= 4 is 22.6 Å². The third-order valence-electron chi connectivity index (χ3n) is 0.748. The molecule has 2 heteroatoms. The predicted octanol–water partition coefficient (Wildman–Crippen LogP) is 2.63. The monoisotopic (exact) mass is 221 g/mol. The molecule has 44 valence electrons. The largest absolute Gasteiger partial charge is 0.198 e. The van der Waals surface area contributed by atoms with E-state index in [-0.39, 0.29) is 0 Å². The molecule has 0 aliphatic heterocycles. The highest BCUT2D eigenvalue weighted by Crippen LogP contribution is 1.96. The van der Waals surface area contributed by atoms with Gasteiger partial charge < -0.3 is 0 Å². The van der Waals surface area contributed by atoms with E-state index < -0.39 is 0 Å². The fourth-order valence-corrected chi connectivity index (χ4v) is 0.722. The number of unbranched alkanes of at least 4 members (excludes halogenated alkanes) is 2. The Labute approximate surface area is 63.5 Å². The number of nitrogens with zero attached hydrogens (tertiary/aromatic N) is 1. The maximum atomic E-state index is 8.09. The van der Waals surface area contributed by atoms with Crippen LogP contribution in [0, 0.1) is 11.3 Å². The standard InChI is InChI=1S/C6H8IN/c7-5-3-1-2-4-6-8/h3,5H,1-2,4H2/b5-3-. The molecule has 0 rings (SSSR count). The van der Waals surface area contributed by atoms with Gasteiger partial charge in [0.2, 0.25) is 0 Å². The molecule has 0 bridgehead atoms. The molecule has 0 aromatic carbocycles. The number of nitriles is 1. The molecule has 0 aromatic heterocycles. The Balaban J connectivity index is 2.85. The van der Waals surface area contributed by atoms with Crippen LogP contribution in [0.4, 0.5) is 0 Å². The van der Waals surface area contributed by atoms with Gasteiger partial charge in [0.15, 0.2) is 0 Å². The first-order valence-corrected chi connectivity index (χ1v) is 3.78. The molecular formula is C6H8IN. The molecule has 0 saturated carbocycles. The summed E-state index contributed by atoms with van der Waals surface area (Å²) in [6.45, 7) is 0. The molecule has 0 aromatic rings. The molecule has 8 heavy (non-hydrogen) atoms. The van der Waals surface area contributed by atoms with Crippen LogP contribution in [0.15, 0.2) is 10.2 Å². The molecule has 1 nitrogen and oxygen atoms in total. The zero-order valence-electron chi connectivity index (χ0n) is 4.60. The first-order chi connectivity index (χ1) is 3.91. The summed E-state index contributed by atoms with van der Waals surface area (Å²) < 4.78 is 1.98. The molecule has 0 fully saturated rings. The molecule has 0 unspecified atom stereocenters. The van der Waals surface area contributed by atoms with Crippen molar-refractivity contribution in [3.05, 3.63) is 10.2 Å². The summed E-state index contributed by atoms with van der Waals surface area (Å²) in [5.41, 5.74) is 0. The Bertz CT molecular complexity index is 102. The summed E-state index contributed by atoms with van der Waals surface area (Å²) in [6, 6.07) is 2.09. The molecule has 0 spiro atoms. The Morgan fingerprint density at radius 3 is 2.88 bits per heavy atom. The Morgan fingerprint density at radius 1 is 1.62 bits per heavy atom. The topological polar surface area (TPSA) is 23.8 Å². The quantitative estimate of drug-likeness (QED) is 0.530. The van der Waals surface area contributed by atoms with Crippen molar-refractivity contribution in [3.8, 4) is 6.07 Å². The van der Waals surface area contributed by atoms with Gasteiger partial charge in [-0.3, -0.25) is 0 Å². The van der Waals surface area contributed by atoms with Crippen LogP contribution < -0.4 is 0 Å². The first kappa shape index (κ1) is 7.96. The number of hydrogen-bond donors (Lipinski definition) is 0. The summed E-state index contributed by atoms with van der Waals surface area (Å²) >= 11 is 2.18. The zero-order valence-corrected chi connectivity index (χ0v) is 6.76. The summed E-state index contributed by atoms with van der Waals surface area (Å²) in [6.07, 6.45) is 4.78. The fourth-order valence-electron chi connectivity index (χ4n) is 0.362. The first-order valence-electron chi connectivity index (χ1n) is 2.54. The molecule has 0 aliphatic carbocycles. The summed E-state index contributed by atoms with van der Waals surface area (Å²) in [5, 5.41) is 8.09. The second-order valence-electron chi connectivity index (χ2n) is 1.41. The lowest BCUT2D eigenvalue weighted by Gasteiger charge is -1.81. The van der Waals surface area contributed by atoms with Gasteiger partial charge in [0.05, 0.1) is 6.07 Å². The molecule has 0 radical (unpaired) electrons. The van der Waals surface area contributed by atoms with Crippen molar-refractivity contribution in [2.45, 2.75) is 19.3 Å². The summed E-state index contributed by atoms with van der Waals surface area (Å²) in [4.78, 5) is 0. The number of hydrogen-bond acceptors (Lipinski definition) is 1. The third kappa shape index (κ3) is 5.96. The van der Waals surface area contributed by atoms with Gasteiger partial charge in [-0.15, -0.1) is 0 Å². The van der Waals surface area contributed by atoms with E-state index in [1.165, 1.54) is 0 Å². The van der Waals surface area contributed by atoms with E-state index in [4.69, 9.17) is 5.26 Å². The minimum atomic E-state index is 0.682. The number of halogens is 1. The van der Waals surface area contributed by atoms with Crippen molar-refractivity contribution in [2.24, 2.45) is 0 Å². The minimum absolute atomic E-state index is 0.682. The van der Waals surface area contributed by atoms with Gasteiger partial charge in [-0.05, 0) is 16.9 Å². The molecule has 0 atom stereocenters. The van der Waals surface area contributed by atoms with Gasteiger partial charge in [0.25, 0.3) is 0 Å². The van der Waals surface area contributed by atoms with E-state index in [0.29, 0.717) is 6.42 Å². The van der Waals surface area contributed by atoms with E-state index in [0.717, 1.165) is 12.8 Å². The normalized spacial score (nSPS) is 9.50. The van der Waals surface area contributed by atoms with Crippen LogP contribution in [0.25, 0.3) is 0 Å². The number of rotatable bonds is 3. The molecule has 0 N–H and O–H groups in total. The average molecular weight is 221 g/mol. The molecule has 0 heterocycles. The minimum Gasteiger partial charge on any atom is -0.198 e. The van der Waals surface area contributed by atoms with Crippen LogP contribution in [0.2, 0.25) is 0 Å². The lowest BCUT2D eigenvalue weighted by atomic mass is 10.2. The van der Waals surface area contributed by atoms with Crippen molar-refractivity contribution in [2.75, 3.05) is 0 Å². The van der Waals surface area contributed by atoms with E-state index >= 15 is 0 Å². The average Bonchev–Trinajstić information content (AvgIpc) is 1.81. The van der Waals surface area contributed by atoms with Crippen molar-refractivity contribution in [1.82, 2.24) is 0 Å². The molecule has 0 aliphatic rings. The maximum absolute atomic E-state index is 8.09. The van der Waals surface area contributed by atoms with Crippen LogP contribution in [-0.2, 0) is 0 Å². The molecule has 0 saturated heterocycles. The van der Waals surface area contributed by atoms with E-state index in [9.17, 15) is 0 Å². The highest BCUT2D eigenvalue weighted by atomic mass is 127. The van der Waals surface area contributed by atoms with Gasteiger partial charge in [-0.25, -0.2) is 0 Å². The lowest BCUT2D eigenvalue weighted by Crippen LogP contribution is -1.65. The lowest BCUT2D eigenvalue weighted by molar-refractivity contribution is 0.878. The Morgan fingerprint density at radius 2 is 2.38 bits per heavy atom. The van der Waals surface area contributed by atoms with Gasteiger partial charge in [0.1, 0.15) is 0 Å². The van der Waals surface area contributed by atoms with E-state index in [1.807, 2.05) is 4.08 Å². The van der Waals surface area contributed by atoms with Gasteiger partial charge in [-0.1, -0.05) is 28.7 Å². The zero-order chi connectivity index (χ0) is 6.24. The third-order valence-corrected chi connectivity index (χ3v) is 1.26. The van der Waals surface area contributed by atoms with E-state index in [1.54, 1.807) is 0 Å². The highest BCUT2D eigenvalue weighted by Gasteiger charge is 1.78. The van der Waals surface area contributed by atoms with Gasteiger partial charge >= 0.3 is 0 Å². The molecular weight excluding hydrogens is 213 g/mol. The van der Waals surface area contributed by atoms with Crippen molar-refractivity contribution < 1.29 is 0 Å². The van der Waals surface area contributed by atoms with Crippen LogP contribution in [-0.4, -0.2) is 0 Å². The molecule has 0 amide bonds. The van der Waals surface area contributed by atoms with E-state index in [2.05, 4.69) is 34.7 Å². The Hall–Kier alpha value is -0.0400. The summed E-state index contributed by atoms with van der Waals surface area (Å²) in [7, 11) is 0. The van der Waals surface area contributed by atoms with Crippen LogP contribution in [0.1, 0.15) is 19.3 Å². The predicted molar refractivity (Wildman–Crippen MR) is 42.6 cm³/mol. The van der Waals surface area contributed by atoms with Crippen molar-refractivity contribution in [3.63, 3.8) is 0 Å². The van der Waals surface area contributed by atoms with Gasteiger partial charge in [0, 0.05) is 6.42 Å². The Kier molecular flexibility index (Phi) is 6.93. The van der Waals surface area contributed by atoms with Crippen LogP contribution >= 0.6 is 22.6 Å². The van der Waals surface area contributed by atoms with Gasteiger partial charge in [-0.2, -0.15) is 5.26 Å². The second-order valence-corrected chi connectivity index (χ2v) is 2.13.